The third-order valence-corrected chi connectivity index (χ3v) is 0.790. The molecular formula is C5H6NOPr+2. The zero-order valence-corrected chi connectivity index (χ0v) is 8.42. The molecule has 2 nitrogen and oxygen atoms in total. The fourth-order valence-electron chi connectivity index (χ4n) is 0.376. The van der Waals surface area contributed by atoms with Crippen molar-refractivity contribution in [1.82, 2.24) is 5.16 Å². The van der Waals surface area contributed by atoms with Crippen molar-refractivity contribution in [3.63, 3.8) is 0 Å². The normalized spacial score (nSPS) is 8.12. The van der Waals surface area contributed by atoms with Crippen molar-refractivity contribution in [2.75, 3.05) is 0 Å². The average molecular weight is 237 g/mol. The summed E-state index contributed by atoms with van der Waals surface area (Å²) in [6.07, 6.45) is 3.46. The van der Waals surface area contributed by atoms with E-state index in [2.05, 4.69) is 15.9 Å². The summed E-state index contributed by atoms with van der Waals surface area (Å²) < 4.78 is 4.68. The third kappa shape index (κ3) is 2.23. The van der Waals surface area contributed by atoms with Crippen molar-refractivity contribution < 1.29 is 45.8 Å². The second kappa shape index (κ2) is 4.45. The molecule has 0 atom stereocenters. The van der Waals surface area contributed by atoms with E-state index in [-0.39, 0.29) is 41.3 Å². The van der Waals surface area contributed by atoms with Gasteiger partial charge < -0.3 is 4.52 Å². The quantitative estimate of drug-likeness (QED) is 0.682. The molecular weight excluding hydrogens is 231 g/mol. The molecule has 0 aliphatic rings. The zero-order chi connectivity index (χ0) is 5.11. The van der Waals surface area contributed by atoms with Crippen molar-refractivity contribution >= 4 is 0 Å². The molecule has 0 aromatic carbocycles. The van der Waals surface area contributed by atoms with Gasteiger partial charge in [0.25, 0.3) is 0 Å². The van der Waals surface area contributed by atoms with Crippen LogP contribution in [0.3, 0.4) is 0 Å². The largest absolute Gasteiger partial charge is 3.00 e. The molecule has 1 rings (SSSR count). The molecule has 0 bridgehead atoms. The topological polar surface area (TPSA) is 26.0 Å². The summed E-state index contributed by atoms with van der Waals surface area (Å²) in [4.78, 5) is 0. The number of nitrogens with zero attached hydrogens (tertiary/aromatic N) is 1. The zero-order valence-electron chi connectivity index (χ0n) is 4.72. The van der Waals surface area contributed by atoms with Gasteiger partial charge in [-0.15, -0.1) is 6.20 Å². The second-order valence-electron chi connectivity index (χ2n) is 1.28. The van der Waals surface area contributed by atoms with Gasteiger partial charge in [0.2, 0.25) is 0 Å². The summed E-state index contributed by atoms with van der Waals surface area (Å²) in [5.41, 5.74) is 0. The fourth-order valence-corrected chi connectivity index (χ4v) is 0.376. The molecule has 1 aromatic rings. The van der Waals surface area contributed by atoms with Gasteiger partial charge in [-0.3, -0.25) is 0 Å². The molecule has 0 aliphatic carbocycles. The Bertz CT molecular complexity index is 127. The van der Waals surface area contributed by atoms with Gasteiger partial charge in [0, 0.05) is 0 Å². The van der Waals surface area contributed by atoms with E-state index in [9.17, 15) is 0 Å². The minimum absolute atomic E-state index is 0. The maximum Gasteiger partial charge on any atom is 3.00 e. The average Bonchev–Trinajstić information content (AvgIpc) is 2.14. The summed E-state index contributed by atoms with van der Waals surface area (Å²) in [7, 11) is 0. The third-order valence-electron chi connectivity index (χ3n) is 0.790. The van der Waals surface area contributed by atoms with E-state index in [1.165, 1.54) is 0 Å². The van der Waals surface area contributed by atoms with Gasteiger partial charge in [0.05, 0.1) is 0 Å². The summed E-state index contributed by atoms with van der Waals surface area (Å²) in [6, 6.07) is 1.74. The molecule has 8 heavy (non-hydrogen) atoms. The molecule has 3 heteroatoms. The Balaban J connectivity index is 0.000000490. The van der Waals surface area contributed by atoms with E-state index in [0.717, 1.165) is 12.2 Å². The van der Waals surface area contributed by atoms with E-state index in [1.54, 1.807) is 6.07 Å². The standard InChI is InChI=1S/C5H6NO.Pr/c1-2-5-3-4-6-7-5;/h3H,2H2,1H3;/q-1;+3. The van der Waals surface area contributed by atoms with Crippen LogP contribution in [0.5, 0.6) is 0 Å². The van der Waals surface area contributed by atoms with Crippen molar-refractivity contribution in [2.45, 2.75) is 13.3 Å². The fraction of sp³-hybridized carbons (Fsp3) is 0.400. The Labute approximate surface area is 81.6 Å². The maximum atomic E-state index is 4.68. The van der Waals surface area contributed by atoms with E-state index in [1.807, 2.05) is 6.92 Å². The Morgan fingerprint density at radius 3 is 2.88 bits per heavy atom. The molecule has 0 spiro atoms. The number of aromatic nitrogens is 1. The second-order valence-corrected chi connectivity index (χ2v) is 1.28. The van der Waals surface area contributed by atoms with Crippen LogP contribution in [0.4, 0.5) is 0 Å². The van der Waals surface area contributed by atoms with Crippen LogP contribution in [0.1, 0.15) is 12.7 Å². The van der Waals surface area contributed by atoms with Crippen molar-refractivity contribution in [2.24, 2.45) is 0 Å². The van der Waals surface area contributed by atoms with E-state index >= 15 is 0 Å². The van der Waals surface area contributed by atoms with E-state index in [0.29, 0.717) is 0 Å². The first-order chi connectivity index (χ1) is 3.43. The van der Waals surface area contributed by atoms with Gasteiger partial charge >= 0.3 is 41.3 Å². The number of rotatable bonds is 1. The SMILES string of the molecule is CCc1c[c-]no1.[Pr+3]. The molecule has 0 amide bonds. The van der Waals surface area contributed by atoms with Gasteiger partial charge in [-0.05, 0) is 5.76 Å². The van der Waals surface area contributed by atoms with Crippen LogP contribution in [0, 0.1) is 47.5 Å². The smallest absolute Gasteiger partial charge is 0.470 e. The van der Waals surface area contributed by atoms with Crippen LogP contribution < -0.4 is 0 Å². The summed E-state index contributed by atoms with van der Waals surface area (Å²) in [5, 5.41) is 3.39. The maximum absolute atomic E-state index is 4.68. The molecule has 38 valence electrons. The van der Waals surface area contributed by atoms with E-state index < -0.39 is 0 Å². The summed E-state index contributed by atoms with van der Waals surface area (Å²) in [6.45, 7) is 2.01. The van der Waals surface area contributed by atoms with Crippen molar-refractivity contribution in [1.29, 1.82) is 0 Å². The summed E-state index contributed by atoms with van der Waals surface area (Å²) >= 11 is 0. The molecule has 0 N–H and O–H groups in total. The van der Waals surface area contributed by atoms with Gasteiger partial charge in [0.1, 0.15) is 0 Å². The first-order valence-electron chi connectivity index (χ1n) is 2.25. The minimum Gasteiger partial charge on any atom is -0.470 e. The van der Waals surface area contributed by atoms with Gasteiger partial charge in [-0.2, -0.15) is 6.07 Å². The number of hydrogen-bond donors (Lipinski definition) is 0. The van der Waals surface area contributed by atoms with Crippen LogP contribution in [-0.2, 0) is 6.42 Å². The molecule has 1 heterocycles. The molecule has 0 unspecified atom stereocenters. The molecule has 0 aliphatic heterocycles. The van der Waals surface area contributed by atoms with Crippen molar-refractivity contribution in [3.8, 4) is 0 Å². The Hall–Kier alpha value is 0.574. The number of aryl methyl sites for hydroxylation is 1. The van der Waals surface area contributed by atoms with Gasteiger partial charge in [-0.25, -0.2) is 5.16 Å². The predicted octanol–water partition coefficient (Wildman–Crippen LogP) is 1.04. The Morgan fingerprint density at radius 2 is 2.62 bits per heavy atom. The van der Waals surface area contributed by atoms with Gasteiger partial charge in [0.15, 0.2) is 0 Å². The Morgan fingerprint density at radius 1 is 1.88 bits per heavy atom. The van der Waals surface area contributed by atoms with Crippen LogP contribution in [0.2, 0.25) is 0 Å². The van der Waals surface area contributed by atoms with Crippen LogP contribution >= 0.6 is 0 Å². The molecule has 1 aromatic heterocycles. The van der Waals surface area contributed by atoms with E-state index in [4.69, 9.17) is 0 Å². The first kappa shape index (κ1) is 8.57. The predicted molar refractivity (Wildman–Crippen MR) is 24.7 cm³/mol. The monoisotopic (exact) mass is 237 g/mol. The molecule has 0 saturated heterocycles. The van der Waals surface area contributed by atoms with Crippen LogP contribution in [-0.4, -0.2) is 5.16 Å². The molecule has 0 radical (unpaired) electrons. The van der Waals surface area contributed by atoms with Gasteiger partial charge in [-0.1, -0.05) is 13.3 Å². The first-order valence-corrected chi connectivity index (χ1v) is 2.25. The summed E-state index contributed by atoms with van der Waals surface area (Å²) in [5.74, 6) is 0.889. The van der Waals surface area contributed by atoms with Crippen molar-refractivity contribution in [3.05, 3.63) is 18.0 Å². The minimum atomic E-state index is 0. The number of hydrogen-bond acceptors (Lipinski definition) is 2. The van der Waals surface area contributed by atoms with Crippen LogP contribution in [0.25, 0.3) is 0 Å². The molecule has 0 fully saturated rings. The molecule has 0 saturated carbocycles. The Kier molecular flexibility index (Phi) is 4.77. The van der Waals surface area contributed by atoms with Crippen LogP contribution in [0.15, 0.2) is 10.6 Å².